The highest BCUT2D eigenvalue weighted by atomic mass is 15.4. The molecule has 27 heavy (non-hydrogen) atoms. The summed E-state index contributed by atoms with van der Waals surface area (Å²) >= 11 is 0. The molecule has 0 aromatic heterocycles. The zero-order valence-electron chi connectivity index (χ0n) is 15.6. The zero-order chi connectivity index (χ0) is 18.4. The lowest BCUT2D eigenvalue weighted by atomic mass is 10.1. The zero-order valence-corrected chi connectivity index (χ0v) is 15.6. The van der Waals surface area contributed by atoms with Gasteiger partial charge in [-0.1, -0.05) is 60.7 Å². The van der Waals surface area contributed by atoms with Crippen molar-refractivity contribution in [1.82, 2.24) is 0 Å². The smallest absolute Gasteiger partial charge is 0.108 e. The van der Waals surface area contributed by atoms with Crippen LogP contribution in [0.4, 0.5) is 22.7 Å². The topological polar surface area (TPSA) is 6.48 Å². The summed E-state index contributed by atoms with van der Waals surface area (Å²) in [5.74, 6) is 0. The maximum Gasteiger partial charge on any atom is 0.108 e. The van der Waals surface area contributed by atoms with E-state index in [9.17, 15) is 0 Å². The van der Waals surface area contributed by atoms with E-state index >= 15 is 0 Å². The largest absolute Gasteiger partial charge is 0.319 e. The van der Waals surface area contributed by atoms with Crippen LogP contribution in [0.3, 0.4) is 0 Å². The second-order valence-electron chi connectivity index (χ2n) is 7.18. The van der Waals surface area contributed by atoms with Crippen LogP contribution in [0.5, 0.6) is 0 Å². The molecule has 1 aliphatic rings. The Balaban J connectivity index is 1.78. The number of rotatable bonds is 2. The molecule has 1 aliphatic heterocycles. The molecule has 4 aromatic carbocycles. The van der Waals surface area contributed by atoms with Gasteiger partial charge in [0.25, 0.3) is 0 Å². The van der Waals surface area contributed by atoms with Gasteiger partial charge in [0.2, 0.25) is 0 Å². The number of nitrogens with zero attached hydrogens (tertiary/aromatic N) is 2. The Kier molecular flexibility index (Phi) is 3.64. The lowest BCUT2D eigenvalue weighted by Crippen LogP contribution is -2.35. The molecule has 2 nitrogen and oxygen atoms in total. The highest BCUT2D eigenvalue weighted by Gasteiger charge is 2.35. The van der Waals surface area contributed by atoms with Crippen molar-refractivity contribution in [2.45, 2.75) is 20.0 Å². The summed E-state index contributed by atoms with van der Waals surface area (Å²) in [6.07, 6.45) is 0.195. The molecule has 4 aromatic rings. The fraction of sp³-hybridized carbons (Fsp3) is 0.120. The van der Waals surface area contributed by atoms with Crippen molar-refractivity contribution in [2.24, 2.45) is 0 Å². The third-order valence-corrected chi connectivity index (χ3v) is 5.52. The Bertz CT molecular complexity index is 1120. The van der Waals surface area contributed by atoms with Gasteiger partial charge >= 0.3 is 0 Å². The van der Waals surface area contributed by atoms with E-state index in [0.717, 1.165) is 0 Å². The van der Waals surface area contributed by atoms with Crippen LogP contribution in [0.1, 0.15) is 12.5 Å². The van der Waals surface area contributed by atoms with Crippen molar-refractivity contribution in [3.8, 4) is 0 Å². The Hall–Kier alpha value is -3.26. The molecule has 0 saturated heterocycles. The number of aryl methyl sites for hydroxylation is 1. The van der Waals surface area contributed by atoms with Gasteiger partial charge in [-0.05, 0) is 60.5 Å². The molecule has 0 N–H and O–H groups in total. The van der Waals surface area contributed by atoms with Crippen LogP contribution in [-0.2, 0) is 0 Å². The summed E-state index contributed by atoms with van der Waals surface area (Å²) in [5, 5.41) is 2.55. The fourth-order valence-electron chi connectivity index (χ4n) is 4.23. The molecular formula is C25H22N2. The molecule has 5 rings (SSSR count). The van der Waals surface area contributed by atoms with Gasteiger partial charge in [0, 0.05) is 11.4 Å². The van der Waals surface area contributed by atoms with Gasteiger partial charge < -0.3 is 9.80 Å². The van der Waals surface area contributed by atoms with Gasteiger partial charge in [0.15, 0.2) is 0 Å². The van der Waals surface area contributed by atoms with Crippen LogP contribution in [0.2, 0.25) is 0 Å². The first-order valence-corrected chi connectivity index (χ1v) is 9.46. The van der Waals surface area contributed by atoms with Gasteiger partial charge in [-0.25, -0.2) is 0 Å². The van der Waals surface area contributed by atoms with Gasteiger partial charge in [-0.3, -0.25) is 0 Å². The van der Waals surface area contributed by atoms with Gasteiger partial charge in [0.05, 0.1) is 11.4 Å². The van der Waals surface area contributed by atoms with Crippen LogP contribution in [-0.4, -0.2) is 6.17 Å². The van der Waals surface area contributed by atoms with Crippen LogP contribution in [0, 0.1) is 6.92 Å². The number of fused-ring (bicyclic) bond motifs is 2. The average Bonchev–Trinajstić information content (AvgIpc) is 2.98. The van der Waals surface area contributed by atoms with E-state index in [-0.39, 0.29) is 6.17 Å². The van der Waals surface area contributed by atoms with Crippen molar-refractivity contribution in [1.29, 1.82) is 0 Å². The molecule has 0 saturated carbocycles. The maximum atomic E-state index is 2.46. The Morgan fingerprint density at radius 1 is 0.593 bits per heavy atom. The summed E-state index contributed by atoms with van der Waals surface area (Å²) in [5.41, 5.74) is 6.30. The first-order chi connectivity index (χ1) is 13.2. The van der Waals surface area contributed by atoms with E-state index in [1.807, 2.05) is 0 Å². The first kappa shape index (κ1) is 16.0. The molecule has 0 amide bonds. The quantitative estimate of drug-likeness (QED) is 0.393. The van der Waals surface area contributed by atoms with Crippen molar-refractivity contribution in [2.75, 3.05) is 9.80 Å². The molecule has 1 heterocycles. The van der Waals surface area contributed by atoms with Gasteiger partial charge in [0.1, 0.15) is 6.17 Å². The number of para-hydroxylation sites is 2. The highest BCUT2D eigenvalue weighted by Crippen LogP contribution is 2.49. The summed E-state index contributed by atoms with van der Waals surface area (Å²) in [6.45, 7) is 4.47. The van der Waals surface area contributed by atoms with Crippen molar-refractivity contribution in [3.63, 3.8) is 0 Å². The predicted octanol–water partition coefficient (Wildman–Crippen LogP) is 6.78. The molecule has 0 spiro atoms. The van der Waals surface area contributed by atoms with E-state index in [0.29, 0.717) is 0 Å². The van der Waals surface area contributed by atoms with Crippen LogP contribution in [0.25, 0.3) is 10.8 Å². The SMILES string of the molecule is Cc1ccccc1N1c2cc3ccccc3cc2N(c2ccccc2)C1C. The number of anilines is 4. The van der Waals surface area contributed by atoms with E-state index in [2.05, 4.69) is 115 Å². The predicted molar refractivity (Wildman–Crippen MR) is 115 cm³/mol. The molecule has 2 heteroatoms. The average molecular weight is 350 g/mol. The summed E-state index contributed by atoms with van der Waals surface area (Å²) < 4.78 is 0. The van der Waals surface area contributed by atoms with Crippen molar-refractivity contribution in [3.05, 3.63) is 96.6 Å². The molecular weight excluding hydrogens is 328 g/mol. The van der Waals surface area contributed by atoms with Crippen LogP contribution >= 0.6 is 0 Å². The summed E-state index contributed by atoms with van der Waals surface area (Å²) in [6, 6.07) is 32.6. The second kappa shape index (κ2) is 6.17. The minimum absolute atomic E-state index is 0.195. The molecule has 0 radical (unpaired) electrons. The van der Waals surface area contributed by atoms with E-state index < -0.39 is 0 Å². The normalized spacial score (nSPS) is 16.0. The number of benzene rings is 4. The van der Waals surface area contributed by atoms with Crippen LogP contribution in [0.15, 0.2) is 91.0 Å². The lowest BCUT2D eigenvalue weighted by molar-refractivity contribution is 0.759. The molecule has 0 bridgehead atoms. The van der Waals surface area contributed by atoms with Crippen molar-refractivity contribution >= 4 is 33.5 Å². The van der Waals surface area contributed by atoms with E-state index in [1.54, 1.807) is 0 Å². The minimum Gasteiger partial charge on any atom is -0.319 e. The molecule has 0 aliphatic carbocycles. The minimum atomic E-state index is 0.195. The monoisotopic (exact) mass is 350 g/mol. The van der Waals surface area contributed by atoms with E-state index in [1.165, 1.54) is 39.1 Å². The Labute approximate surface area is 160 Å². The summed E-state index contributed by atoms with van der Waals surface area (Å²) in [4.78, 5) is 4.90. The highest BCUT2D eigenvalue weighted by molar-refractivity contribution is 5.98. The maximum absolute atomic E-state index is 2.46. The Morgan fingerprint density at radius 3 is 1.81 bits per heavy atom. The molecule has 1 atom stereocenters. The summed E-state index contributed by atoms with van der Waals surface area (Å²) in [7, 11) is 0. The standard InChI is InChI=1S/C25H22N2/c1-18-10-6-9-15-23(18)27-19(2)26(22-13-4-3-5-14-22)24-16-20-11-7-8-12-21(20)17-25(24)27/h3-17,19H,1-2H3. The van der Waals surface area contributed by atoms with Crippen LogP contribution < -0.4 is 9.80 Å². The molecule has 1 unspecified atom stereocenters. The van der Waals surface area contributed by atoms with Crippen molar-refractivity contribution < 1.29 is 0 Å². The first-order valence-electron chi connectivity index (χ1n) is 9.46. The fourth-order valence-corrected chi connectivity index (χ4v) is 4.23. The van der Waals surface area contributed by atoms with E-state index in [4.69, 9.17) is 0 Å². The molecule has 0 fully saturated rings. The van der Waals surface area contributed by atoms with Gasteiger partial charge in [-0.2, -0.15) is 0 Å². The number of hydrogen-bond donors (Lipinski definition) is 0. The van der Waals surface area contributed by atoms with Gasteiger partial charge in [-0.15, -0.1) is 0 Å². The third kappa shape index (κ3) is 2.48. The molecule has 132 valence electrons. The Morgan fingerprint density at radius 2 is 1.15 bits per heavy atom. The third-order valence-electron chi connectivity index (χ3n) is 5.52. The lowest BCUT2D eigenvalue weighted by Gasteiger charge is -2.31. The second-order valence-corrected chi connectivity index (χ2v) is 7.18. The number of hydrogen-bond acceptors (Lipinski definition) is 2.